The molecule has 2 aromatic carbocycles. The zero-order valence-corrected chi connectivity index (χ0v) is 17.8. The van der Waals surface area contributed by atoms with Crippen molar-refractivity contribution in [2.45, 2.75) is 31.3 Å². The van der Waals surface area contributed by atoms with Gasteiger partial charge in [-0.25, -0.2) is 0 Å². The lowest BCUT2D eigenvalue weighted by molar-refractivity contribution is -0.274. The van der Waals surface area contributed by atoms with Crippen LogP contribution in [0.5, 0.6) is 5.75 Å². The van der Waals surface area contributed by atoms with Crippen LogP contribution in [0.25, 0.3) is 21.2 Å². The SMILES string of the molecule is O=C1CCC2(CN(Cc3sc4cc(-c5cccc(OC(F)(F)F)c5)ccc4c3Cl)C2)N1. The number of benzene rings is 2. The zero-order chi connectivity index (χ0) is 21.8. The molecule has 5 rings (SSSR count). The first-order valence-corrected chi connectivity index (χ1v) is 11.0. The molecular weight excluding hydrogens is 449 g/mol. The topological polar surface area (TPSA) is 41.6 Å². The lowest BCUT2D eigenvalue weighted by Gasteiger charge is -2.47. The van der Waals surface area contributed by atoms with Gasteiger partial charge in [0.1, 0.15) is 5.75 Å². The van der Waals surface area contributed by atoms with Crippen LogP contribution in [0.3, 0.4) is 0 Å². The third kappa shape index (κ3) is 4.12. The highest BCUT2D eigenvalue weighted by molar-refractivity contribution is 7.19. The summed E-state index contributed by atoms with van der Waals surface area (Å²) in [6.45, 7) is 2.35. The third-order valence-electron chi connectivity index (χ3n) is 5.75. The number of carbonyl (C=O) groups excluding carboxylic acids is 1. The summed E-state index contributed by atoms with van der Waals surface area (Å²) in [5.41, 5.74) is 1.36. The average Bonchev–Trinajstić information content (AvgIpc) is 3.21. The largest absolute Gasteiger partial charge is 0.573 e. The van der Waals surface area contributed by atoms with Crippen LogP contribution in [0.15, 0.2) is 42.5 Å². The predicted molar refractivity (Wildman–Crippen MR) is 114 cm³/mol. The second-order valence-corrected chi connectivity index (χ2v) is 9.61. The van der Waals surface area contributed by atoms with Crippen molar-refractivity contribution in [3.63, 3.8) is 0 Å². The summed E-state index contributed by atoms with van der Waals surface area (Å²) in [5.74, 6) is -0.127. The molecule has 2 aliphatic heterocycles. The molecule has 2 saturated heterocycles. The molecule has 31 heavy (non-hydrogen) atoms. The molecule has 1 spiro atoms. The molecule has 0 atom stereocenters. The monoisotopic (exact) mass is 466 g/mol. The first kappa shape index (κ1) is 20.6. The molecule has 2 fully saturated rings. The van der Waals surface area contributed by atoms with Gasteiger partial charge in [-0.05, 0) is 35.7 Å². The van der Waals surface area contributed by atoms with Crippen LogP contribution in [-0.2, 0) is 11.3 Å². The standard InChI is InChI=1S/C22H18ClF3N2O2S/c23-20-16-5-4-14(13-2-1-3-15(8-13)30-22(24,25)26)9-17(16)31-18(20)10-28-11-21(12-28)7-6-19(29)27-21/h1-5,8-9H,6-7,10-12H2,(H,27,29). The van der Waals surface area contributed by atoms with Gasteiger partial charge in [-0.15, -0.1) is 24.5 Å². The van der Waals surface area contributed by atoms with E-state index >= 15 is 0 Å². The Hall–Kier alpha value is -2.29. The van der Waals surface area contributed by atoms with E-state index < -0.39 is 6.36 Å². The fraction of sp³-hybridized carbons (Fsp3) is 0.318. The van der Waals surface area contributed by atoms with Gasteiger partial charge in [-0.3, -0.25) is 9.69 Å². The number of thiophene rings is 1. The van der Waals surface area contributed by atoms with E-state index in [1.54, 1.807) is 17.4 Å². The van der Waals surface area contributed by atoms with Crippen molar-refractivity contribution in [1.82, 2.24) is 10.2 Å². The molecule has 0 aliphatic carbocycles. The lowest BCUT2D eigenvalue weighted by atomic mass is 9.88. The van der Waals surface area contributed by atoms with Crippen LogP contribution in [-0.4, -0.2) is 35.8 Å². The maximum atomic E-state index is 12.5. The number of halogens is 4. The number of hydrogen-bond donors (Lipinski definition) is 1. The van der Waals surface area contributed by atoms with E-state index in [1.165, 1.54) is 18.2 Å². The van der Waals surface area contributed by atoms with Crippen molar-refractivity contribution in [3.05, 3.63) is 52.4 Å². The van der Waals surface area contributed by atoms with Crippen LogP contribution >= 0.6 is 22.9 Å². The number of fused-ring (bicyclic) bond motifs is 1. The van der Waals surface area contributed by atoms with Crippen molar-refractivity contribution in [1.29, 1.82) is 0 Å². The van der Waals surface area contributed by atoms with Crippen LogP contribution in [0.4, 0.5) is 13.2 Å². The van der Waals surface area contributed by atoms with Crippen LogP contribution < -0.4 is 10.1 Å². The molecule has 0 radical (unpaired) electrons. The minimum Gasteiger partial charge on any atom is -0.406 e. The summed E-state index contributed by atoms with van der Waals surface area (Å²) in [7, 11) is 0. The van der Waals surface area contributed by atoms with Gasteiger partial charge in [0.25, 0.3) is 0 Å². The fourth-order valence-electron chi connectivity index (χ4n) is 4.41. The number of ether oxygens (including phenoxy) is 1. The first-order chi connectivity index (χ1) is 14.7. The van der Waals surface area contributed by atoms with Gasteiger partial charge in [0.15, 0.2) is 0 Å². The fourth-order valence-corrected chi connectivity index (χ4v) is 5.98. The normalized spacial score (nSPS) is 18.4. The van der Waals surface area contributed by atoms with E-state index in [4.69, 9.17) is 11.6 Å². The Morgan fingerprint density at radius 3 is 2.65 bits per heavy atom. The van der Waals surface area contributed by atoms with Crippen molar-refractivity contribution >= 4 is 38.9 Å². The van der Waals surface area contributed by atoms with Crippen molar-refractivity contribution in [3.8, 4) is 16.9 Å². The van der Waals surface area contributed by atoms with Gasteiger partial charge in [0, 0.05) is 41.0 Å². The number of nitrogens with zero attached hydrogens (tertiary/aromatic N) is 1. The summed E-state index contributed by atoms with van der Waals surface area (Å²) >= 11 is 8.21. The molecule has 0 unspecified atom stereocenters. The zero-order valence-electron chi connectivity index (χ0n) is 16.3. The van der Waals surface area contributed by atoms with E-state index in [-0.39, 0.29) is 17.2 Å². The Morgan fingerprint density at radius 1 is 1.16 bits per heavy atom. The Morgan fingerprint density at radius 2 is 1.94 bits per heavy atom. The Balaban J connectivity index is 1.35. The van der Waals surface area contributed by atoms with Crippen molar-refractivity contribution < 1.29 is 22.7 Å². The maximum Gasteiger partial charge on any atom is 0.573 e. The molecule has 9 heteroatoms. The first-order valence-electron chi connectivity index (χ1n) is 9.80. The quantitative estimate of drug-likeness (QED) is 0.545. The Kier molecular flexibility index (Phi) is 4.91. The molecule has 3 heterocycles. The molecule has 1 aromatic heterocycles. The number of amides is 1. The number of rotatable bonds is 4. The van der Waals surface area contributed by atoms with E-state index in [0.717, 1.165) is 40.0 Å². The van der Waals surface area contributed by atoms with Gasteiger partial charge in [0.2, 0.25) is 5.91 Å². The molecule has 4 nitrogen and oxygen atoms in total. The molecule has 2 aliphatic rings. The summed E-state index contributed by atoms with van der Waals surface area (Å²) < 4.78 is 42.6. The minimum absolute atomic E-state index is 0.0725. The van der Waals surface area contributed by atoms with E-state index in [0.29, 0.717) is 23.6 Å². The lowest BCUT2D eigenvalue weighted by Crippen LogP contribution is -2.66. The predicted octanol–water partition coefficient (Wildman–Crippen LogP) is 5.58. The highest BCUT2D eigenvalue weighted by atomic mass is 35.5. The Bertz CT molecular complexity index is 1170. The van der Waals surface area contributed by atoms with Crippen molar-refractivity contribution in [2.75, 3.05) is 13.1 Å². The smallest absolute Gasteiger partial charge is 0.406 e. The number of carbonyl (C=O) groups is 1. The second-order valence-electron chi connectivity index (χ2n) is 8.10. The summed E-state index contributed by atoms with van der Waals surface area (Å²) in [6, 6.07) is 11.6. The molecule has 0 saturated carbocycles. The van der Waals surface area contributed by atoms with Gasteiger partial charge in [0.05, 0.1) is 10.6 Å². The molecular formula is C22H18ClF3N2O2S. The van der Waals surface area contributed by atoms with Gasteiger partial charge >= 0.3 is 6.36 Å². The highest BCUT2D eigenvalue weighted by Crippen LogP contribution is 2.40. The number of likely N-dealkylation sites (tertiary alicyclic amines) is 1. The number of hydrogen-bond acceptors (Lipinski definition) is 4. The maximum absolute atomic E-state index is 12.5. The molecule has 0 bridgehead atoms. The highest BCUT2D eigenvalue weighted by Gasteiger charge is 2.47. The molecule has 3 aromatic rings. The second kappa shape index (κ2) is 7.39. The van der Waals surface area contributed by atoms with Crippen molar-refractivity contribution in [2.24, 2.45) is 0 Å². The third-order valence-corrected chi connectivity index (χ3v) is 7.43. The van der Waals surface area contributed by atoms with Gasteiger partial charge in [-0.1, -0.05) is 35.9 Å². The summed E-state index contributed by atoms with van der Waals surface area (Å²) in [6.07, 6.45) is -3.26. The minimum atomic E-state index is -4.73. The summed E-state index contributed by atoms with van der Waals surface area (Å²) in [5, 5.41) is 4.71. The number of nitrogens with one attached hydrogen (secondary N) is 1. The van der Waals surface area contributed by atoms with E-state index in [9.17, 15) is 18.0 Å². The van der Waals surface area contributed by atoms with Crippen LogP contribution in [0.1, 0.15) is 17.7 Å². The molecule has 1 N–H and O–H groups in total. The van der Waals surface area contributed by atoms with Crippen LogP contribution in [0, 0.1) is 0 Å². The summed E-state index contributed by atoms with van der Waals surface area (Å²) in [4.78, 5) is 14.8. The number of alkyl halides is 3. The molecule has 1 amide bonds. The van der Waals surface area contributed by atoms with Gasteiger partial charge in [-0.2, -0.15) is 0 Å². The Labute approximate surface area is 185 Å². The van der Waals surface area contributed by atoms with Crippen LogP contribution in [0.2, 0.25) is 5.02 Å². The van der Waals surface area contributed by atoms with Gasteiger partial charge < -0.3 is 10.1 Å². The molecule has 162 valence electrons. The van der Waals surface area contributed by atoms with E-state index in [2.05, 4.69) is 15.0 Å². The van der Waals surface area contributed by atoms with E-state index in [1.807, 2.05) is 18.2 Å². The average molecular weight is 467 g/mol.